The van der Waals surface area contributed by atoms with Gasteiger partial charge in [0.05, 0.1) is 6.19 Å². The molecule has 0 saturated carbocycles. The molecule has 0 aromatic heterocycles. The summed E-state index contributed by atoms with van der Waals surface area (Å²) in [6.45, 7) is 2.78. The normalized spacial score (nSPS) is 23.8. The van der Waals surface area contributed by atoms with E-state index in [0.717, 1.165) is 31.7 Å². The minimum atomic E-state index is -0.136. The fraction of sp³-hybridized carbons (Fsp3) is 0.526. The lowest BCUT2D eigenvalue weighted by Gasteiger charge is -2.43. The highest BCUT2D eigenvalue weighted by Gasteiger charge is 2.39. The van der Waals surface area contributed by atoms with E-state index in [1.807, 2.05) is 23.1 Å². The van der Waals surface area contributed by atoms with E-state index < -0.39 is 0 Å². The highest BCUT2D eigenvalue weighted by molar-refractivity contribution is 6.66. The van der Waals surface area contributed by atoms with E-state index in [-0.39, 0.29) is 23.8 Å². The second kappa shape index (κ2) is 9.41. The Morgan fingerprint density at radius 1 is 1.21 bits per heavy atom. The molecule has 3 unspecified atom stereocenters. The van der Waals surface area contributed by atoms with Crippen LogP contribution in [0.4, 0.5) is 0 Å². The van der Waals surface area contributed by atoms with Crippen molar-refractivity contribution in [1.29, 1.82) is 0 Å². The smallest absolute Gasteiger partial charge is 0.225 e. The molecule has 1 radical (unpaired) electrons. The second-order valence-electron chi connectivity index (χ2n) is 6.49. The van der Waals surface area contributed by atoms with Crippen molar-refractivity contribution in [2.24, 2.45) is 5.92 Å². The predicted molar refractivity (Wildman–Crippen MR) is 95.7 cm³/mol. The number of rotatable bonds is 9. The molecule has 2 rings (SSSR count). The summed E-state index contributed by atoms with van der Waals surface area (Å²) < 4.78 is 0. The summed E-state index contributed by atoms with van der Waals surface area (Å²) in [5.74, 6) is 0.279. The van der Waals surface area contributed by atoms with E-state index in [2.05, 4.69) is 19.1 Å². The largest absolute Gasteiger partial charge is 0.339 e. The van der Waals surface area contributed by atoms with Crippen LogP contribution in [-0.4, -0.2) is 43.1 Å². The van der Waals surface area contributed by atoms with Crippen LogP contribution in [0.5, 0.6) is 0 Å². The van der Waals surface area contributed by atoms with Crippen molar-refractivity contribution in [1.82, 2.24) is 4.90 Å². The zero-order chi connectivity index (χ0) is 17.4. The van der Waals surface area contributed by atoms with E-state index in [1.165, 1.54) is 5.56 Å². The van der Waals surface area contributed by atoms with Crippen LogP contribution < -0.4 is 0 Å². The monoisotopic (exact) mass is 326 g/mol. The molecule has 0 aliphatic carbocycles. The minimum absolute atomic E-state index is 0.128. The molecule has 5 heteroatoms. The first kappa shape index (κ1) is 18.4. The van der Waals surface area contributed by atoms with Crippen LogP contribution in [0, 0.1) is 5.92 Å². The van der Waals surface area contributed by atoms with Gasteiger partial charge in [0, 0.05) is 30.8 Å². The molecular formula is C19H25BNO3. The molecule has 1 heterocycles. The van der Waals surface area contributed by atoms with Gasteiger partial charge in [-0.05, 0) is 31.7 Å². The molecule has 1 saturated heterocycles. The average molecular weight is 326 g/mol. The standard InChI is InChI=1S/C19H25BNO3/c1-15-18(16-8-4-2-5-9-16)12-17(13-20-14-23)19(24)21(15)10-6-3-7-11-22/h2,4-5,8-9,11,14-15,17-18H,3,6-7,10,12-13H2,1H3. The summed E-state index contributed by atoms with van der Waals surface area (Å²) in [7, 11) is 1.55. The summed E-state index contributed by atoms with van der Waals surface area (Å²) >= 11 is 0. The minimum Gasteiger partial charge on any atom is -0.339 e. The van der Waals surface area contributed by atoms with Crippen molar-refractivity contribution in [3.8, 4) is 0 Å². The quantitative estimate of drug-likeness (QED) is 0.398. The third-order valence-electron chi connectivity index (χ3n) is 4.96. The van der Waals surface area contributed by atoms with Crippen molar-refractivity contribution in [2.45, 2.75) is 50.9 Å². The molecule has 1 amide bonds. The van der Waals surface area contributed by atoms with Gasteiger partial charge in [0.2, 0.25) is 5.91 Å². The van der Waals surface area contributed by atoms with Crippen LogP contribution in [0.25, 0.3) is 0 Å². The van der Waals surface area contributed by atoms with Gasteiger partial charge in [0.1, 0.15) is 6.29 Å². The lowest BCUT2D eigenvalue weighted by molar-refractivity contribution is -0.141. The number of likely N-dealkylation sites (tertiary alicyclic amines) is 1. The van der Waals surface area contributed by atoms with Crippen LogP contribution in [-0.2, 0) is 14.4 Å². The van der Waals surface area contributed by atoms with Gasteiger partial charge in [0.25, 0.3) is 0 Å². The zero-order valence-electron chi connectivity index (χ0n) is 14.3. The molecule has 1 fully saturated rings. The lowest BCUT2D eigenvalue weighted by atomic mass is 9.66. The Labute approximate surface area is 144 Å². The van der Waals surface area contributed by atoms with Gasteiger partial charge < -0.3 is 14.5 Å². The zero-order valence-corrected chi connectivity index (χ0v) is 14.3. The number of hydrogen-bond acceptors (Lipinski definition) is 3. The second-order valence-corrected chi connectivity index (χ2v) is 6.49. The molecule has 1 aromatic rings. The Morgan fingerprint density at radius 3 is 2.62 bits per heavy atom. The fourth-order valence-corrected chi connectivity index (χ4v) is 3.61. The molecule has 127 valence electrons. The Balaban J connectivity index is 2.14. The molecule has 0 spiro atoms. The Bertz CT molecular complexity index is 549. The van der Waals surface area contributed by atoms with Crippen molar-refractivity contribution >= 4 is 25.7 Å². The van der Waals surface area contributed by atoms with Gasteiger partial charge in [-0.25, -0.2) is 0 Å². The topological polar surface area (TPSA) is 54.5 Å². The average Bonchev–Trinajstić information content (AvgIpc) is 2.61. The van der Waals surface area contributed by atoms with Crippen LogP contribution in [0.3, 0.4) is 0 Å². The number of unbranched alkanes of at least 4 members (excludes halogenated alkanes) is 2. The highest BCUT2D eigenvalue weighted by atomic mass is 16.2. The van der Waals surface area contributed by atoms with Crippen LogP contribution in [0.1, 0.15) is 44.1 Å². The van der Waals surface area contributed by atoms with E-state index in [1.54, 1.807) is 7.28 Å². The summed E-state index contributed by atoms with van der Waals surface area (Å²) in [6, 6.07) is 10.4. The molecule has 4 nitrogen and oxygen atoms in total. The van der Waals surface area contributed by atoms with Gasteiger partial charge in [-0.1, -0.05) is 36.7 Å². The number of aldehydes is 1. The molecule has 24 heavy (non-hydrogen) atoms. The molecular weight excluding hydrogens is 301 g/mol. The number of carbonyl (C=O) groups is 3. The van der Waals surface area contributed by atoms with Crippen LogP contribution >= 0.6 is 0 Å². The summed E-state index contributed by atoms with van der Waals surface area (Å²) in [6.07, 6.45) is 5.16. The number of piperidine rings is 1. The Kier molecular flexibility index (Phi) is 7.22. The number of carbonyl (C=O) groups excluding carboxylic acids is 3. The first-order valence-electron chi connectivity index (χ1n) is 8.75. The molecule has 3 atom stereocenters. The third-order valence-corrected chi connectivity index (χ3v) is 4.96. The first-order valence-corrected chi connectivity index (χ1v) is 8.75. The van der Waals surface area contributed by atoms with Gasteiger partial charge >= 0.3 is 0 Å². The summed E-state index contributed by atoms with van der Waals surface area (Å²) in [5.41, 5.74) is 1.24. The molecule has 1 aliphatic heterocycles. The van der Waals surface area contributed by atoms with Crippen LogP contribution in [0.2, 0.25) is 6.32 Å². The van der Waals surface area contributed by atoms with Crippen molar-refractivity contribution < 1.29 is 14.4 Å². The molecule has 1 aromatic carbocycles. The van der Waals surface area contributed by atoms with Crippen molar-refractivity contribution in [3.63, 3.8) is 0 Å². The fourth-order valence-electron chi connectivity index (χ4n) is 3.61. The van der Waals surface area contributed by atoms with Gasteiger partial charge in [-0.3, -0.25) is 4.79 Å². The SMILES string of the molecule is CC1C(c2ccccc2)CC(C[B]C=O)C(=O)N1CCCCC=O. The maximum Gasteiger partial charge on any atom is 0.225 e. The maximum atomic E-state index is 12.8. The van der Waals surface area contributed by atoms with E-state index >= 15 is 0 Å². The number of nitrogens with zero attached hydrogens (tertiary/aromatic N) is 1. The van der Waals surface area contributed by atoms with Crippen molar-refractivity contribution in [3.05, 3.63) is 35.9 Å². The van der Waals surface area contributed by atoms with Gasteiger partial charge in [-0.2, -0.15) is 0 Å². The van der Waals surface area contributed by atoms with Gasteiger partial charge in [-0.15, -0.1) is 0 Å². The molecule has 0 N–H and O–H groups in total. The Morgan fingerprint density at radius 2 is 1.96 bits per heavy atom. The number of hydrogen-bond donors (Lipinski definition) is 0. The van der Waals surface area contributed by atoms with E-state index in [0.29, 0.717) is 19.3 Å². The number of amides is 1. The third kappa shape index (κ3) is 4.56. The van der Waals surface area contributed by atoms with E-state index in [9.17, 15) is 14.4 Å². The Hall–Kier alpha value is -1.91. The van der Waals surface area contributed by atoms with E-state index in [4.69, 9.17) is 0 Å². The molecule has 0 bridgehead atoms. The maximum absolute atomic E-state index is 12.8. The van der Waals surface area contributed by atoms with Crippen molar-refractivity contribution in [2.75, 3.05) is 6.54 Å². The summed E-state index contributed by atoms with van der Waals surface area (Å²) in [5, 5.41) is 0. The lowest BCUT2D eigenvalue weighted by Crippen LogP contribution is -2.50. The number of benzene rings is 1. The molecule has 1 aliphatic rings. The summed E-state index contributed by atoms with van der Waals surface area (Å²) in [4.78, 5) is 35.9. The van der Waals surface area contributed by atoms with Crippen LogP contribution in [0.15, 0.2) is 30.3 Å². The highest BCUT2D eigenvalue weighted by Crippen LogP contribution is 2.37. The first-order chi connectivity index (χ1) is 11.7. The van der Waals surface area contributed by atoms with Gasteiger partial charge in [0.15, 0.2) is 7.28 Å². The predicted octanol–water partition coefficient (Wildman–Crippen LogP) is 2.69.